The van der Waals surface area contributed by atoms with Gasteiger partial charge in [0.1, 0.15) is 11.6 Å². The summed E-state index contributed by atoms with van der Waals surface area (Å²) < 4.78 is 2.11. The van der Waals surface area contributed by atoms with Crippen molar-refractivity contribution in [1.82, 2.24) is 19.5 Å². The second-order valence-corrected chi connectivity index (χ2v) is 7.13. The summed E-state index contributed by atoms with van der Waals surface area (Å²) >= 11 is 0. The molecule has 24 heavy (non-hydrogen) atoms. The molecule has 2 aromatic rings. The Balaban J connectivity index is 1.66. The maximum absolute atomic E-state index is 4.87. The normalized spacial score (nSPS) is 18.9. The van der Waals surface area contributed by atoms with Gasteiger partial charge in [0, 0.05) is 43.8 Å². The first-order chi connectivity index (χ1) is 11.6. The van der Waals surface area contributed by atoms with Crippen molar-refractivity contribution >= 4 is 11.8 Å². The van der Waals surface area contributed by atoms with Gasteiger partial charge in [-0.1, -0.05) is 0 Å². The van der Waals surface area contributed by atoms with E-state index in [4.69, 9.17) is 9.97 Å². The lowest BCUT2D eigenvalue weighted by Crippen LogP contribution is -2.23. The van der Waals surface area contributed by atoms with E-state index in [0.717, 1.165) is 41.9 Å². The molecule has 2 aliphatic rings. The fourth-order valence-corrected chi connectivity index (χ4v) is 3.46. The third-order valence-corrected chi connectivity index (χ3v) is 5.29. The highest BCUT2D eigenvalue weighted by Gasteiger charge is 2.35. The van der Waals surface area contributed by atoms with Gasteiger partial charge in [0.25, 0.3) is 0 Å². The van der Waals surface area contributed by atoms with Crippen LogP contribution in [0.3, 0.4) is 0 Å². The van der Waals surface area contributed by atoms with Crippen LogP contribution in [0, 0.1) is 19.8 Å². The molecule has 0 amide bonds. The highest BCUT2D eigenvalue weighted by molar-refractivity contribution is 5.52. The zero-order chi connectivity index (χ0) is 16.7. The van der Waals surface area contributed by atoms with E-state index in [1.807, 2.05) is 12.4 Å². The molecular formula is C18H26N6. The van der Waals surface area contributed by atoms with Crippen LogP contribution in [0.25, 0.3) is 0 Å². The molecular weight excluding hydrogens is 300 g/mol. The van der Waals surface area contributed by atoms with Crippen LogP contribution in [0.2, 0.25) is 0 Å². The van der Waals surface area contributed by atoms with Gasteiger partial charge >= 0.3 is 0 Å². The summed E-state index contributed by atoms with van der Waals surface area (Å²) in [6.07, 6.45) is 8.87. The van der Waals surface area contributed by atoms with Crippen LogP contribution in [-0.2, 0) is 7.05 Å². The van der Waals surface area contributed by atoms with E-state index >= 15 is 0 Å². The van der Waals surface area contributed by atoms with Gasteiger partial charge in [-0.15, -0.1) is 0 Å². The zero-order valence-corrected chi connectivity index (χ0v) is 14.8. The number of rotatable bonds is 5. The Morgan fingerprint density at radius 2 is 1.92 bits per heavy atom. The average molecular weight is 326 g/mol. The minimum atomic E-state index is 0.226. The second-order valence-electron chi connectivity index (χ2n) is 7.13. The van der Waals surface area contributed by atoms with E-state index in [1.54, 1.807) is 0 Å². The van der Waals surface area contributed by atoms with E-state index in [-0.39, 0.29) is 6.04 Å². The fraction of sp³-hybridized carbons (Fsp3) is 0.611. The highest BCUT2D eigenvalue weighted by atomic mass is 15.3. The van der Waals surface area contributed by atoms with Crippen molar-refractivity contribution in [3.63, 3.8) is 0 Å². The molecule has 1 unspecified atom stereocenters. The molecule has 2 aromatic heterocycles. The van der Waals surface area contributed by atoms with Crippen LogP contribution in [0.5, 0.6) is 0 Å². The van der Waals surface area contributed by atoms with Crippen LogP contribution in [0.15, 0.2) is 12.4 Å². The smallest absolute Gasteiger partial charge is 0.227 e. The molecule has 1 saturated carbocycles. The molecule has 1 atom stereocenters. The van der Waals surface area contributed by atoms with Gasteiger partial charge in [-0.05, 0) is 45.4 Å². The minimum Gasteiger partial charge on any atom is -0.359 e. The Labute approximate surface area is 143 Å². The monoisotopic (exact) mass is 326 g/mol. The molecule has 0 spiro atoms. The quantitative estimate of drug-likeness (QED) is 0.915. The van der Waals surface area contributed by atoms with Gasteiger partial charge in [0.15, 0.2) is 0 Å². The molecule has 4 rings (SSSR count). The number of imidazole rings is 1. The summed E-state index contributed by atoms with van der Waals surface area (Å²) in [5, 5.41) is 3.70. The summed E-state index contributed by atoms with van der Waals surface area (Å²) in [5.41, 5.74) is 2.20. The molecule has 1 saturated heterocycles. The maximum atomic E-state index is 4.87. The van der Waals surface area contributed by atoms with Crippen molar-refractivity contribution in [2.24, 2.45) is 13.0 Å². The Morgan fingerprint density at radius 1 is 1.17 bits per heavy atom. The van der Waals surface area contributed by atoms with Crippen molar-refractivity contribution < 1.29 is 0 Å². The largest absolute Gasteiger partial charge is 0.359 e. The molecule has 0 radical (unpaired) electrons. The lowest BCUT2D eigenvalue weighted by molar-refractivity contribution is 0.603. The van der Waals surface area contributed by atoms with Gasteiger partial charge in [-0.2, -0.15) is 4.98 Å². The Morgan fingerprint density at radius 3 is 2.54 bits per heavy atom. The van der Waals surface area contributed by atoms with Crippen LogP contribution in [0.4, 0.5) is 11.8 Å². The standard InChI is InChI=1S/C18H26N6/c1-12-13(2)20-18(24-9-4-5-10-24)22-16(12)21-15(14-6-7-14)17-19-8-11-23(17)3/h8,11,14-15H,4-7,9-10H2,1-3H3,(H,20,21,22). The topological polar surface area (TPSA) is 58.9 Å². The molecule has 0 bridgehead atoms. The molecule has 0 aromatic carbocycles. The van der Waals surface area contributed by atoms with Crippen molar-refractivity contribution in [3.8, 4) is 0 Å². The Kier molecular flexibility index (Phi) is 3.90. The molecule has 2 fully saturated rings. The van der Waals surface area contributed by atoms with Crippen LogP contribution >= 0.6 is 0 Å². The molecule has 1 N–H and O–H groups in total. The lowest BCUT2D eigenvalue weighted by Gasteiger charge is -2.23. The number of aromatic nitrogens is 4. The summed E-state index contributed by atoms with van der Waals surface area (Å²) in [6, 6.07) is 0.226. The third kappa shape index (κ3) is 2.85. The van der Waals surface area contributed by atoms with Crippen LogP contribution < -0.4 is 10.2 Å². The number of anilines is 2. The van der Waals surface area contributed by atoms with Gasteiger partial charge in [-0.3, -0.25) is 0 Å². The number of aryl methyl sites for hydroxylation is 2. The molecule has 1 aliphatic heterocycles. The SMILES string of the molecule is Cc1nc(N2CCCC2)nc(NC(c2nccn2C)C2CC2)c1C. The molecule has 128 valence electrons. The third-order valence-electron chi connectivity index (χ3n) is 5.29. The maximum Gasteiger partial charge on any atom is 0.227 e. The first-order valence-electron chi connectivity index (χ1n) is 8.97. The molecule has 6 nitrogen and oxygen atoms in total. The number of hydrogen-bond acceptors (Lipinski definition) is 5. The number of hydrogen-bond donors (Lipinski definition) is 1. The molecule has 6 heteroatoms. The zero-order valence-electron chi connectivity index (χ0n) is 14.8. The summed E-state index contributed by atoms with van der Waals surface area (Å²) in [6.45, 7) is 6.31. The molecule has 1 aliphatic carbocycles. The van der Waals surface area contributed by atoms with Gasteiger partial charge in [0.05, 0.1) is 6.04 Å². The van der Waals surface area contributed by atoms with E-state index in [0.29, 0.717) is 5.92 Å². The number of nitrogens with zero attached hydrogens (tertiary/aromatic N) is 5. The van der Waals surface area contributed by atoms with Crippen LogP contribution in [-0.4, -0.2) is 32.6 Å². The van der Waals surface area contributed by atoms with Gasteiger partial charge in [-0.25, -0.2) is 9.97 Å². The van der Waals surface area contributed by atoms with Crippen molar-refractivity contribution in [2.45, 2.75) is 45.6 Å². The van der Waals surface area contributed by atoms with Gasteiger partial charge < -0.3 is 14.8 Å². The summed E-state index contributed by atoms with van der Waals surface area (Å²) in [5.74, 6) is 3.57. The fourth-order valence-electron chi connectivity index (χ4n) is 3.46. The highest BCUT2D eigenvalue weighted by Crippen LogP contribution is 2.42. The predicted molar refractivity (Wildman–Crippen MR) is 95.2 cm³/mol. The van der Waals surface area contributed by atoms with Crippen molar-refractivity contribution in [1.29, 1.82) is 0 Å². The van der Waals surface area contributed by atoms with Crippen LogP contribution in [0.1, 0.15) is 48.8 Å². The summed E-state index contributed by atoms with van der Waals surface area (Å²) in [7, 11) is 2.06. The van der Waals surface area contributed by atoms with Gasteiger partial charge in [0.2, 0.25) is 5.95 Å². The molecule has 3 heterocycles. The van der Waals surface area contributed by atoms with E-state index in [1.165, 1.54) is 25.7 Å². The van der Waals surface area contributed by atoms with E-state index in [2.05, 4.69) is 40.7 Å². The number of nitrogens with one attached hydrogen (secondary N) is 1. The first-order valence-corrected chi connectivity index (χ1v) is 8.97. The first kappa shape index (κ1) is 15.4. The Hall–Kier alpha value is -2.11. The van der Waals surface area contributed by atoms with E-state index < -0.39 is 0 Å². The summed E-state index contributed by atoms with van der Waals surface area (Å²) in [4.78, 5) is 16.5. The lowest BCUT2D eigenvalue weighted by atomic mass is 10.1. The Bertz CT molecular complexity index is 727. The second kappa shape index (κ2) is 6.07. The minimum absolute atomic E-state index is 0.226. The van der Waals surface area contributed by atoms with Crippen molar-refractivity contribution in [3.05, 3.63) is 29.5 Å². The van der Waals surface area contributed by atoms with Crippen molar-refractivity contribution in [2.75, 3.05) is 23.3 Å². The van der Waals surface area contributed by atoms with E-state index in [9.17, 15) is 0 Å². The average Bonchev–Trinajstić information content (AvgIpc) is 3.08. The predicted octanol–water partition coefficient (Wildman–Crippen LogP) is 2.99.